The molecule has 0 spiro atoms. The summed E-state index contributed by atoms with van der Waals surface area (Å²) in [5.74, 6) is -1.15. The number of benzene rings is 1. The Labute approximate surface area is 251 Å². The molecule has 15 heteroatoms. The van der Waals surface area contributed by atoms with Gasteiger partial charge in [-0.1, -0.05) is 6.58 Å². The number of methoxy groups -OCH3 is 1. The number of hydrogen-bond donors (Lipinski definition) is 0. The van der Waals surface area contributed by atoms with E-state index in [1.54, 1.807) is 9.80 Å². The van der Waals surface area contributed by atoms with Crippen LogP contribution in [0.3, 0.4) is 0 Å². The van der Waals surface area contributed by atoms with Gasteiger partial charge < -0.3 is 14.5 Å². The molecular weight excluding hydrogens is 561 g/mol. The predicted octanol–water partition coefficient (Wildman–Crippen LogP) is 2.51. The zero-order valence-corrected chi connectivity index (χ0v) is 24.2. The van der Waals surface area contributed by atoms with Crippen molar-refractivity contribution in [2.24, 2.45) is 0 Å². The van der Waals surface area contributed by atoms with Crippen molar-refractivity contribution in [3.63, 3.8) is 0 Å². The summed E-state index contributed by atoms with van der Waals surface area (Å²) >= 11 is 1.16. The summed E-state index contributed by atoms with van der Waals surface area (Å²) in [6.45, 7) is 7.83. The molecule has 1 aliphatic carbocycles. The number of amides is 1. The highest BCUT2D eigenvalue weighted by Crippen LogP contribution is 2.52. The molecule has 210 valence electrons. The fourth-order valence-electron chi connectivity index (χ4n) is 6.32. The average molecular weight is 586 g/mol. The van der Waals surface area contributed by atoms with Gasteiger partial charge in [0.05, 0.1) is 23.7 Å². The first-order valence-electron chi connectivity index (χ1n) is 13.2. The number of anilines is 1. The van der Waals surface area contributed by atoms with Crippen molar-refractivity contribution in [3.8, 4) is 0 Å². The molecule has 1 fully saturated rings. The number of rotatable bonds is 5. The minimum atomic E-state index is -4.83. The van der Waals surface area contributed by atoms with Crippen LogP contribution >= 0.6 is 11.8 Å². The van der Waals surface area contributed by atoms with Gasteiger partial charge in [-0.25, -0.2) is 4.79 Å². The Bertz CT molecular complexity index is 1590. The van der Waals surface area contributed by atoms with Crippen LogP contribution < -0.4 is 10.6 Å². The molecular formula is C27H25B4F3N4O3S. The van der Waals surface area contributed by atoms with Crippen molar-refractivity contribution in [1.29, 1.82) is 0 Å². The minimum Gasteiger partial charge on any atom is -0.383 e. The standard InChI is InChI=1S/C27H25B4F3N4O3S/c1-5-16(39)37-11(2)7-36(8-12(37)3)25-14-6-15(27(32,33)34)17(18-19(28)21(30)22(31)20(18)29)24-23(14)38(26(40)35-25)13(9-41-4)10-42-24/h5-6,11-13,18H,1,7-10H2,2-4H3/t11-,12+,13-/m0/s1. The topological polar surface area (TPSA) is 67.7 Å². The van der Waals surface area contributed by atoms with Crippen molar-refractivity contribution >= 4 is 65.8 Å². The van der Waals surface area contributed by atoms with Crippen LogP contribution in [0.1, 0.15) is 36.9 Å². The first kappa shape index (κ1) is 30.7. The van der Waals surface area contributed by atoms with E-state index in [0.717, 1.165) is 17.8 Å². The van der Waals surface area contributed by atoms with Gasteiger partial charge in [0.1, 0.15) is 37.2 Å². The van der Waals surface area contributed by atoms with Gasteiger partial charge in [-0.3, -0.25) is 9.36 Å². The van der Waals surface area contributed by atoms with Crippen LogP contribution in [0.2, 0.25) is 0 Å². The second kappa shape index (κ2) is 11.0. The quantitative estimate of drug-likeness (QED) is 0.397. The summed E-state index contributed by atoms with van der Waals surface area (Å²) in [7, 11) is 26.0. The Balaban J connectivity index is 1.84. The van der Waals surface area contributed by atoms with E-state index in [9.17, 15) is 22.8 Å². The average Bonchev–Trinajstić information content (AvgIpc) is 3.11. The van der Waals surface area contributed by atoms with Crippen LogP contribution in [0.5, 0.6) is 0 Å². The molecule has 3 heterocycles. The normalized spacial score (nSPS) is 23.3. The van der Waals surface area contributed by atoms with Gasteiger partial charge in [-0.15, -0.1) is 33.7 Å². The van der Waals surface area contributed by atoms with Gasteiger partial charge in [-0.05, 0) is 31.6 Å². The number of allylic oxidation sites excluding steroid dienone is 4. The zero-order valence-electron chi connectivity index (χ0n) is 23.4. The molecule has 1 amide bonds. The Morgan fingerprint density at radius 1 is 1.17 bits per heavy atom. The molecule has 0 saturated carbocycles. The van der Waals surface area contributed by atoms with E-state index in [4.69, 9.17) is 36.1 Å². The summed E-state index contributed by atoms with van der Waals surface area (Å²) in [6.07, 6.45) is -3.60. The lowest BCUT2D eigenvalue weighted by Gasteiger charge is -2.45. The van der Waals surface area contributed by atoms with E-state index in [2.05, 4.69) is 11.6 Å². The first-order chi connectivity index (χ1) is 19.7. The molecule has 2 aromatic rings. The Morgan fingerprint density at radius 2 is 1.76 bits per heavy atom. The van der Waals surface area contributed by atoms with Crippen LogP contribution in [-0.4, -0.2) is 96.4 Å². The third-order valence-corrected chi connectivity index (χ3v) is 9.36. The van der Waals surface area contributed by atoms with Gasteiger partial charge in [0.25, 0.3) is 0 Å². The Hall–Kier alpha value is -2.79. The molecule has 0 bridgehead atoms. The molecule has 8 radical (unpaired) electrons. The predicted molar refractivity (Wildman–Crippen MR) is 161 cm³/mol. The second-order valence-corrected chi connectivity index (χ2v) is 11.8. The fourth-order valence-corrected chi connectivity index (χ4v) is 7.66. The lowest BCUT2D eigenvalue weighted by atomic mass is 9.69. The largest absolute Gasteiger partial charge is 0.416 e. The lowest BCUT2D eigenvalue weighted by Crippen LogP contribution is -2.58. The van der Waals surface area contributed by atoms with Crippen LogP contribution in [0.15, 0.2) is 50.3 Å². The highest BCUT2D eigenvalue weighted by molar-refractivity contribution is 7.99. The maximum Gasteiger partial charge on any atom is 0.416 e. The summed E-state index contributed by atoms with van der Waals surface area (Å²) in [5.41, 5.74) is -1.84. The monoisotopic (exact) mass is 586 g/mol. The minimum absolute atomic E-state index is 0.0706. The number of ether oxygens (including phenoxy) is 1. The smallest absolute Gasteiger partial charge is 0.383 e. The van der Waals surface area contributed by atoms with Gasteiger partial charge in [0.15, 0.2) is 0 Å². The first-order valence-corrected chi connectivity index (χ1v) is 14.2. The van der Waals surface area contributed by atoms with Gasteiger partial charge in [0.2, 0.25) is 5.91 Å². The van der Waals surface area contributed by atoms with Crippen molar-refractivity contribution in [2.45, 2.75) is 49.0 Å². The number of thioether (sulfide) groups is 1. The van der Waals surface area contributed by atoms with E-state index in [1.807, 2.05) is 13.8 Å². The fraction of sp³-hybridized carbons (Fsp3) is 0.444. The molecule has 1 aromatic carbocycles. The van der Waals surface area contributed by atoms with E-state index < -0.39 is 29.4 Å². The summed E-state index contributed by atoms with van der Waals surface area (Å²) in [5, 5.41) is 0.140. The van der Waals surface area contributed by atoms with Crippen LogP contribution in [0.25, 0.3) is 10.9 Å². The molecule has 3 atom stereocenters. The third-order valence-electron chi connectivity index (χ3n) is 8.10. The van der Waals surface area contributed by atoms with E-state index >= 15 is 0 Å². The molecule has 3 aliphatic rings. The summed E-state index contributed by atoms with van der Waals surface area (Å²) in [6, 6.07) is -0.151. The molecule has 5 rings (SSSR count). The van der Waals surface area contributed by atoms with Crippen LogP contribution in [-0.2, 0) is 15.7 Å². The SMILES string of the molecule is [B]C1=C([B])C(c2c(C(F)(F)F)cc3c(N4C[C@@H](C)N(C(=O)C=C)[C@@H](C)C4)nc(=O)n4c3c2SC[C@@H]4COC)C([B])=C1[B]. The number of carbonyl (C=O) groups is 1. The lowest BCUT2D eigenvalue weighted by molar-refractivity contribution is -0.138. The molecule has 1 saturated heterocycles. The van der Waals surface area contributed by atoms with E-state index in [1.165, 1.54) is 17.8 Å². The molecule has 42 heavy (non-hydrogen) atoms. The van der Waals surface area contributed by atoms with E-state index in [-0.39, 0.29) is 92.5 Å². The molecule has 0 unspecified atom stereocenters. The maximum atomic E-state index is 14.9. The molecule has 0 N–H and O–H groups in total. The van der Waals surface area contributed by atoms with E-state index in [0.29, 0.717) is 0 Å². The van der Waals surface area contributed by atoms with Crippen molar-refractivity contribution in [2.75, 3.05) is 37.5 Å². The van der Waals surface area contributed by atoms with Gasteiger partial charge in [0, 0.05) is 54.2 Å². The second-order valence-electron chi connectivity index (χ2n) is 10.8. The number of alkyl halides is 3. The van der Waals surface area contributed by atoms with Crippen molar-refractivity contribution < 1.29 is 22.7 Å². The number of halogens is 3. The molecule has 7 nitrogen and oxygen atoms in total. The Morgan fingerprint density at radius 3 is 2.29 bits per heavy atom. The third kappa shape index (κ3) is 4.76. The van der Waals surface area contributed by atoms with Crippen molar-refractivity contribution in [3.05, 3.63) is 62.2 Å². The number of nitrogens with zero attached hydrogens (tertiary/aromatic N) is 4. The number of carbonyl (C=O) groups excluding carboxylic acids is 1. The van der Waals surface area contributed by atoms with Gasteiger partial charge >= 0.3 is 11.9 Å². The highest BCUT2D eigenvalue weighted by atomic mass is 32.2. The number of piperazine rings is 1. The summed E-state index contributed by atoms with van der Waals surface area (Å²) in [4.78, 5) is 34.1. The number of hydrogen-bond acceptors (Lipinski definition) is 6. The van der Waals surface area contributed by atoms with Crippen LogP contribution in [0.4, 0.5) is 19.0 Å². The maximum absolute atomic E-state index is 14.9. The zero-order chi connectivity index (χ0) is 30.8. The van der Waals surface area contributed by atoms with Crippen molar-refractivity contribution in [1.82, 2.24) is 14.5 Å². The molecule has 1 aromatic heterocycles. The Kier molecular flexibility index (Phi) is 8.06. The molecule has 2 aliphatic heterocycles. The highest BCUT2D eigenvalue weighted by Gasteiger charge is 2.43. The number of aromatic nitrogens is 2. The van der Waals surface area contributed by atoms with Crippen LogP contribution in [0, 0.1) is 0 Å². The van der Waals surface area contributed by atoms with Gasteiger partial charge in [-0.2, -0.15) is 18.2 Å². The summed E-state index contributed by atoms with van der Waals surface area (Å²) < 4.78 is 51.5.